The largest absolute Gasteiger partial charge is 0.468 e. The van der Waals surface area contributed by atoms with Crippen molar-refractivity contribution in [3.63, 3.8) is 0 Å². The van der Waals surface area contributed by atoms with Crippen LogP contribution in [0.4, 0.5) is 5.82 Å². The van der Waals surface area contributed by atoms with E-state index in [2.05, 4.69) is 19.7 Å². The maximum Gasteiger partial charge on any atom is 0.358 e. The van der Waals surface area contributed by atoms with Gasteiger partial charge in [-0.2, -0.15) is 0 Å². The number of hydrogen-bond donors (Lipinski definition) is 0. The van der Waals surface area contributed by atoms with Gasteiger partial charge in [-0.3, -0.25) is 4.79 Å². The van der Waals surface area contributed by atoms with E-state index in [4.69, 9.17) is 0 Å². The van der Waals surface area contributed by atoms with E-state index in [1.165, 1.54) is 20.3 Å². The summed E-state index contributed by atoms with van der Waals surface area (Å²) in [6, 6.07) is 3.13. The molecule has 0 radical (unpaired) electrons. The summed E-state index contributed by atoms with van der Waals surface area (Å²) < 4.78 is 9.16. The number of esters is 2. The molecule has 19 heavy (non-hydrogen) atoms. The van der Waals surface area contributed by atoms with Crippen LogP contribution in [0.5, 0.6) is 0 Å². The summed E-state index contributed by atoms with van der Waals surface area (Å²) in [6.45, 7) is 2.72. The molecule has 0 fully saturated rings. The Morgan fingerprint density at radius 2 is 1.95 bits per heavy atom. The van der Waals surface area contributed by atoms with Gasteiger partial charge in [0.15, 0.2) is 11.5 Å². The third kappa shape index (κ3) is 4.20. The first kappa shape index (κ1) is 14.9. The van der Waals surface area contributed by atoms with E-state index in [0.29, 0.717) is 12.4 Å². The number of carbonyl (C=O) groups is 2. The molecular formula is C12H17N3O4. The molecule has 0 atom stereocenters. The number of rotatable bonds is 6. The molecule has 0 aliphatic carbocycles. The summed E-state index contributed by atoms with van der Waals surface area (Å²) in [6.07, 6.45) is 0.845. The third-order valence-electron chi connectivity index (χ3n) is 2.41. The fraction of sp³-hybridized carbons (Fsp3) is 0.500. The Hall–Kier alpha value is -2.18. The van der Waals surface area contributed by atoms with Crippen molar-refractivity contribution in [2.45, 2.75) is 13.3 Å². The van der Waals surface area contributed by atoms with Crippen molar-refractivity contribution in [1.29, 1.82) is 0 Å². The summed E-state index contributed by atoms with van der Waals surface area (Å²) in [4.78, 5) is 24.3. The van der Waals surface area contributed by atoms with Gasteiger partial charge in [-0.05, 0) is 18.6 Å². The molecule has 0 unspecified atom stereocenters. The van der Waals surface area contributed by atoms with Gasteiger partial charge < -0.3 is 14.4 Å². The number of aromatic nitrogens is 2. The quantitative estimate of drug-likeness (QED) is 0.700. The second-order valence-electron chi connectivity index (χ2n) is 3.77. The van der Waals surface area contributed by atoms with E-state index in [-0.39, 0.29) is 18.2 Å². The standard InChI is InChI=1S/C12H17N3O4/c1-4-7-15(8-11(16)18-2)10-6-5-9(13-14-10)12(17)19-3/h5-6H,4,7-8H2,1-3H3. The van der Waals surface area contributed by atoms with E-state index in [1.807, 2.05) is 6.92 Å². The summed E-state index contributed by atoms with van der Waals surface area (Å²) in [7, 11) is 2.61. The van der Waals surface area contributed by atoms with Crippen LogP contribution in [0, 0.1) is 0 Å². The highest BCUT2D eigenvalue weighted by atomic mass is 16.5. The van der Waals surface area contributed by atoms with Gasteiger partial charge in [-0.25, -0.2) is 4.79 Å². The van der Waals surface area contributed by atoms with E-state index >= 15 is 0 Å². The first-order chi connectivity index (χ1) is 9.12. The number of anilines is 1. The van der Waals surface area contributed by atoms with E-state index in [1.54, 1.807) is 11.0 Å². The van der Waals surface area contributed by atoms with Gasteiger partial charge in [-0.1, -0.05) is 6.92 Å². The molecule has 104 valence electrons. The third-order valence-corrected chi connectivity index (χ3v) is 2.41. The van der Waals surface area contributed by atoms with Crippen LogP contribution in [0.3, 0.4) is 0 Å². The van der Waals surface area contributed by atoms with Crippen LogP contribution in [-0.4, -0.2) is 49.4 Å². The molecule has 0 amide bonds. The Morgan fingerprint density at radius 1 is 1.21 bits per heavy atom. The minimum atomic E-state index is -0.547. The number of ether oxygens (including phenoxy) is 2. The summed E-state index contributed by atoms with van der Waals surface area (Å²) in [5, 5.41) is 7.69. The van der Waals surface area contributed by atoms with E-state index in [0.717, 1.165) is 6.42 Å². The Labute approximate surface area is 111 Å². The molecule has 0 aliphatic rings. The molecule has 0 bridgehead atoms. The summed E-state index contributed by atoms with van der Waals surface area (Å²) in [5.74, 6) is -0.388. The molecular weight excluding hydrogens is 250 g/mol. The first-order valence-electron chi connectivity index (χ1n) is 5.86. The lowest BCUT2D eigenvalue weighted by molar-refractivity contribution is -0.138. The molecule has 7 nitrogen and oxygen atoms in total. The second-order valence-corrected chi connectivity index (χ2v) is 3.77. The van der Waals surface area contributed by atoms with Gasteiger partial charge in [0, 0.05) is 6.54 Å². The fourth-order valence-electron chi connectivity index (χ4n) is 1.47. The molecule has 0 saturated heterocycles. The monoisotopic (exact) mass is 267 g/mol. The Kier molecular flexibility index (Phi) is 5.72. The van der Waals surface area contributed by atoms with Crippen LogP contribution in [0.2, 0.25) is 0 Å². The van der Waals surface area contributed by atoms with Crippen LogP contribution >= 0.6 is 0 Å². The molecule has 1 aromatic heterocycles. The maximum atomic E-state index is 11.3. The zero-order chi connectivity index (χ0) is 14.3. The van der Waals surface area contributed by atoms with Gasteiger partial charge >= 0.3 is 11.9 Å². The zero-order valence-corrected chi connectivity index (χ0v) is 11.3. The molecule has 7 heteroatoms. The normalized spacial score (nSPS) is 9.84. The van der Waals surface area contributed by atoms with Crippen molar-refractivity contribution in [2.24, 2.45) is 0 Å². The molecule has 0 aliphatic heterocycles. The Morgan fingerprint density at radius 3 is 2.42 bits per heavy atom. The number of methoxy groups -OCH3 is 2. The molecule has 0 saturated carbocycles. The molecule has 0 spiro atoms. The molecule has 1 rings (SSSR count). The lowest BCUT2D eigenvalue weighted by Crippen LogP contribution is -2.32. The Balaban J connectivity index is 2.84. The van der Waals surface area contributed by atoms with Crippen LogP contribution in [-0.2, 0) is 14.3 Å². The van der Waals surface area contributed by atoms with Crippen LogP contribution in [0.25, 0.3) is 0 Å². The summed E-state index contributed by atoms with van der Waals surface area (Å²) in [5.41, 5.74) is 0.126. The van der Waals surface area contributed by atoms with Crippen molar-refractivity contribution in [3.8, 4) is 0 Å². The minimum Gasteiger partial charge on any atom is -0.468 e. The second kappa shape index (κ2) is 7.30. The molecule has 1 aromatic rings. The highest BCUT2D eigenvalue weighted by molar-refractivity contribution is 5.87. The number of nitrogens with zero attached hydrogens (tertiary/aromatic N) is 3. The van der Waals surface area contributed by atoms with Gasteiger partial charge in [0.05, 0.1) is 14.2 Å². The predicted octanol–water partition coefficient (Wildman–Crippen LogP) is 0.653. The lowest BCUT2D eigenvalue weighted by Gasteiger charge is -2.20. The van der Waals surface area contributed by atoms with Crippen LogP contribution in [0.15, 0.2) is 12.1 Å². The van der Waals surface area contributed by atoms with Gasteiger partial charge in [0.2, 0.25) is 0 Å². The van der Waals surface area contributed by atoms with E-state index in [9.17, 15) is 9.59 Å². The maximum absolute atomic E-state index is 11.3. The highest BCUT2D eigenvalue weighted by Crippen LogP contribution is 2.10. The molecule has 1 heterocycles. The van der Waals surface area contributed by atoms with Crippen molar-refractivity contribution in [3.05, 3.63) is 17.8 Å². The first-order valence-corrected chi connectivity index (χ1v) is 5.86. The average molecular weight is 267 g/mol. The smallest absolute Gasteiger partial charge is 0.358 e. The fourth-order valence-corrected chi connectivity index (χ4v) is 1.47. The minimum absolute atomic E-state index is 0.0938. The van der Waals surface area contributed by atoms with Gasteiger partial charge in [0.1, 0.15) is 6.54 Å². The number of carbonyl (C=O) groups excluding carboxylic acids is 2. The van der Waals surface area contributed by atoms with Crippen LogP contribution in [0.1, 0.15) is 23.8 Å². The molecule has 0 aromatic carbocycles. The van der Waals surface area contributed by atoms with Crippen molar-refractivity contribution in [1.82, 2.24) is 10.2 Å². The highest BCUT2D eigenvalue weighted by Gasteiger charge is 2.14. The lowest BCUT2D eigenvalue weighted by atomic mass is 10.3. The SMILES string of the molecule is CCCN(CC(=O)OC)c1ccc(C(=O)OC)nn1. The number of hydrogen-bond acceptors (Lipinski definition) is 7. The predicted molar refractivity (Wildman–Crippen MR) is 67.9 cm³/mol. The van der Waals surface area contributed by atoms with Gasteiger partial charge in [0.25, 0.3) is 0 Å². The summed E-state index contributed by atoms with van der Waals surface area (Å²) >= 11 is 0. The topological polar surface area (TPSA) is 81.6 Å². The van der Waals surface area contributed by atoms with Gasteiger partial charge in [-0.15, -0.1) is 10.2 Å². The van der Waals surface area contributed by atoms with Crippen molar-refractivity contribution in [2.75, 3.05) is 32.2 Å². The Bertz CT molecular complexity index is 433. The average Bonchev–Trinajstić information content (AvgIpc) is 2.46. The van der Waals surface area contributed by atoms with Crippen molar-refractivity contribution < 1.29 is 19.1 Å². The molecule has 0 N–H and O–H groups in total. The van der Waals surface area contributed by atoms with Crippen LogP contribution < -0.4 is 4.90 Å². The van der Waals surface area contributed by atoms with E-state index < -0.39 is 5.97 Å². The van der Waals surface area contributed by atoms with Crippen molar-refractivity contribution >= 4 is 17.8 Å². The zero-order valence-electron chi connectivity index (χ0n) is 11.3.